The van der Waals surface area contributed by atoms with Crippen LogP contribution >= 0.6 is 0 Å². The molecular weight excluding hydrogens is 248 g/mol. The van der Waals surface area contributed by atoms with Gasteiger partial charge in [0.05, 0.1) is 5.60 Å². The van der Waals surface area contributed by atoms with E-state index >= 15 is 0 Å². The van der Waals surface area contributed by atoms with Gasteiger partial charge in [0.25, 0.3) is 0 Å². The molecule has 1 unspecified atom stereocenters. The molecule has 2 aliphatic rings. The third kappa shape index (κ3) is 3.60. The second kappa shape index (κ2) is 6.25. The van der Waals surface area contributed by atoms with E-state index in [0.29, 0.717) is 6.04 Å². The van der Waals surface area contributed by atoms with Crippen molar-refractivity contribution < 1.29 is 5.11 Å². The molecule has 1 saturated carbocycles. The molecular formula is C17H26N2O. The lowest BCUT2D eigenvalue weighted by molar-refractivity contribution is -0.0329. The highest BCUT2D eigenvalue weighted by Crippen LogP contribution is 2.30. The second-order valence-electron chi connectivity index (χ2n) is 6.48. The third-order valence-electron chi connectivity index (χ3n) is 4.84. The number of aliphatic hydroxyl groups is 1. The van der Waals surface area contributed by atoms with Gasteiger partial charge in [-0.15, -0.1) is 0 Å². The average molecular weight is 274 g/mol. The third-order valence-corrected chi connectivity index (χ3v) is 4.84. The van der Waals surface area contributed by atoms with Crippen LogP contribution in [0.5, 0.6) is 0 Å². The summed E-state index contributed by atoms with van der Waals surface area (Å²) in [6.07, 6.45) is 5.49. The summed E-state index contributed by atoms with van der Waals surface area (Å²) in [5.74, 6) is 0. The maximum absolute atomic E-state index is 10.1. The lowest BCUT2D eigenvalue weighted by Gasteiger charge is -2.37. The van der Waals surface area contributed by atoms with Gasteiger partial charge in [-0.2, -0.15) is 0 Å². The molecule has 0 aromatic heterocycles. The van der Waals surface area contributed by atoms with Gasteiger partial charge in [-0.05, 0) is 44.2 Å². The molecule has 1 heterocycles. The van der Waals surface area contributed by atoms with Gasteiger partial charge in [0.15, 0.2) is 0 Å². The molecule has 20 heavy (non-hydrogen) atoms. The molecule has 3 rings (SSSR count). The Hall–Kier alpha value is -0.900. The molecule has 1 aliphatic heterocycles. The fourth-order valence-electron chi connectivity index (χ4n) is 3.23. The van der Waals surface area contributed by atoms with E-state index in [2.05, 4.69) is 40.5 Å². The monoisotopic (exact) mass is 274 g/mol. The van der Waals surface area contributed by atoms with Crippen molar-refractivity contribution in [2.45, 2.75) is 43.7 Å². The summed E-state index contributed by atoms with van der Waals surface area (Å²) in [5, 5.41) is 13.7. The number of likely N-dealkylation sites (tertiary alicyclic amines) is 1. The molecule has 0 bridgehead atoms. The normalized spacial score (nSPS) is 25.6. The number of nitrogens with one attached hydrogen (secondary N) is 1. The van der Waals surface area contributed by atoms with Gasteiger partial charge in [-0.25, -0.2) is 0 Å². The fraction of sp³-hybridized carbons (Fsp3) is 0.647. The van der Waals surface area contributed by atoms with E-state index in [0.717, 1.165) is 38.9 Å². The van der Waals surface area contributed by atoms with Crippen LogP contribution < -0.4 is 5.32 Å². The Morgan fingerprint density at radius 3 is 2.75 bits per heavy atom. The van der Waals surface area contributed by atoms with Crippen LogP contribution in [0.4, 0.5) is 0 Å². The summed E-state index contributed by atoms with van der Waals surface area (Å²) in [6.45, 7) is 4.24. The molecule has 3 nitrogen and oxygen atoms in total. The molecule has 1 saturated heterocycles. The molecule has 1 aromatic rings. The van der Waals surface area contributed by atoms with Crippen LogP contribution in [-0.4, -0.2) is 47.8 Å². The van der Waals surface area contributed by atoms with Crippen molar-refractivity contribution in [1.82, 2.24) is 10.2 Å². The van der Waals surface area contributed by atoms with Crippen molar-refractivity contribution in [3.05, 3.63) is 35.9 Å². The van der Waals surface area contributed by atoms with Gasteiger partial charge in [-0.3, -0.25) is 0 Å². The molecule has 2 N–H and O–H groups in total. The van der Waals surface area contributed by atoms with E-state index in [4.69, 9.17) is 0 Å². The largest absolute Gasteiger partial charge is 0.389 e. The molecule has 110 valence electrons. The number of benzene rings is 1. The van der Waals surface area contributed by atoms with E-state index in [1.54, 1.807) is 0 Å². The smallest absolute Gasteiger partial charge is 0.0771 e. The number of nitrogens with zero attached hydrogens (tertiary/aromatic N) is 1. The van der Waals surface area contributed by atoms with Crippen molar-refractivity contribution >= 4 is 0 Å². The number of rotatable bonds is 6. The highest BCUT2D eigenvalue weighted by atomic mass is 16.3. The van der Waals surface area contributed by atoms with E-state index in [-0.39, 0.29) is 0 Å². The first kappa shape index (κ1) is 14.1. The van der Waals surface area contributed by atoms with Gasteiger partial charge < -0.3 is 15.3 Å². The predicted octanol–water partition coefficient (Wildman–Crippen LogP) is 1.81. The van der Waals surface area contributed by atoms with E-state index < -0.39 is 5.60 Å². The Bertz CT molecular complexity index is 416. The zero-order chi connectivity index (χ0) is 13.8. The summed E-state index contributed by atoms with van der Waals surface area (Å²) in [5.41, 5.74) is 1.03. The Morgan fingerprint density at radius 2 is 2.05 bits per heavy atom. The maximum Gasteiger partial charge on any atom is 0.0771 e. The zero-order valence-corrected chi connectivity index (χ0v) is 12.2. The number of hydrogen-bond donors (Lipinski definition) is 2. The van der Waals surface area contributed by atoms with Gasteiger partial charge in [0.2, 0.25) is 0 Å². The zero-order valence-electron chi connectivity index (χ0n) is 12.2. The summed E-state index contributed by atoms with van der Waals surface area (Å²) >= 11 is 0. The van der Waals surface area contributed by atoms with Gasteiger partial charge in [0.1, 0.15) is 0 Å². The summed E-state index contributed by atoms with van der Waals surface area (Å²) in [7, 11) is 0. The molecule has 3 heteroatoms. The Kier molecular flexibility index (Phi) is 4.39. The Labute approximate surface area is 122 Å². The van der Waals surface area contributed by atoms with Crippen LogP contribution in [-0.2, 0) is 6.42 Å². The van der Waals surface area contributed by atoms with Gasteiger partial charge >= 0.3 is 0 Å². The highest BCUT2D eigenvalue weighted by Gasteiger charge is 2.35. The second-order valence-corrected chi connectivity index (χ2v) is 6.48. The molecule has 2 fully saturated rings. The van der Waals surface area contributed by atoms with Crippen LogP contribution in [0, 0.1) is 0 Å². The van der Waals surface area contributed by atoms with Crippen LogP contribution in [0.25, 0.3) is 0 Å². The lowest BCUT2D eigenvalue weighted by atomic mass is 9.80. The van der Waals surface area contributed by atoms with Crippen molar-refractivity contribution in [2.24, 2.45) is 0 Å². The van der Waals surface area contributed by atoms with E-state index in [1.807, 2.05) is 0 Å². The van der Waals surface area contributed by atoms with Crippen LogP contribution in [0.2, 0.25) is 0 Å². The van der Waals surface area contributed by atoms with E-state index in [9.17, 15) is 5.11 Å². The minimum atomic E-state index is -0.391. The summed E-state index contributed by atoms with van der Waals surface area (Å²) in [6, 6.07) is 11.3. The quantitative estimate of drug-likeness (QED) is 0.830. The summed E-state index contributed by atoms with van der Waals surface area (Å²) in [4.78, 5) is 2.54. The SMILES string of the molecule is OC1(CNC2CCN(CCc3ccccc3)C2)CCC1. The topological polar surface area (TPSA) is 35.5 Å². The molecule has 1 aliphatic carbocycles. The highest BCUT2D eigenvalue weighted by molar-refractivity contribution is 5.14. The molecule has 0 amide bonds. The predicted molar refractivity (Wildman–Crippen MR) is 81.8 cm³/mol. The lowest BCUT2D eigenvalue weighted by Crippen LogP contribution is -2.49. The molecule has 0 spiro atoms. The minimum Gasteiger partial charge on any atom is -0.389 e. The first-order valence-electron chi connectivity index (χ1n) is 7.96. The van der Waals surface area contributed by atoms with Crippen molar-refractivity contribution in [3.8, 4) is 0 Å². The van der Waals surface area contributed by atoms with Crippen molar-refractivity contribution in [3.63, 3.8) is 0 Å². The fourth-order valence-corrected chi connectivity index (χ4v) is 3.23. The van der Waals surface area contributed by atoms with Crippen molar-refractivity contribution in [1.29, 1.82) is 0 Å². The molecule has 1 atom stereocenters. The van der Waals surface area contributed by atoms with Crippen LogP contribution in [0.3, 0.4) is 0 Å². The average Bonchev–Trinajstić information content (AvgIpc) is 2.90. The number of hydrogen-bond acceptors (Lipinski definition) is 3. The van der Waals surface area contributed by atoms with Gasteiger partial charge in [0, 0.05) is 25.7 Å². The Balaban J connectivity index is 1.36. The van der Waals surface area contributed by atoms with E-state index in [1.165, 1.54) is 24.9 Å². The van der Waals surface area contributed by atoms with Crippen LogP contribution in [0.1, 0.15) is 31.2 Å². The molecule has 0 radical (unpaired) electrons. The first-order valence-corrected chi connectivity index (χ1v) is 7.96. The minimum absolute atomic E-state index is 0.391. The molecule has 1 aromatic carbocycles. The summed E-state index contributed by atoms with van der Waals surface area (Å²) < 4.78 is 0. The van der Waals surface area contributed by atoms with Gasteiger partial charge in [-0.1, -0.05) is 30.3 Å². The Morgan fingerprint density at radius 1 is 1.25 bits per heavy atom. The van der Waals surface area contributed by atoms with Crippen LogP contribution in [0.15, 0.2) is 30.3 Å². The standard InChI is InChI=1S/C17H26N2O/c20-17(9-4-10-17)14-18-16-8-12-19(13-16)11-7-15-5-2-1-3-6-15/h1-3,5-6,16,18,20H,4,7-14H2. The first-order chi connectivity index (χ1) is 9.73. The van der Waals surface area contributed by atoms with Crippen molar-refractivity contribution in [2.75, 3.05) is 26.2 Å². The maximum atomic E-state index is 10.1.